The summed E-state index contributed by atoms with van der Waals surface area (Å²) < 4.78 is 44.8. The van der Waals surface area contributed by atoms with Gasteiger partial charge in [0.2, 0.25) is 0 Å². The molecule has 0 saturated heterocycles. The number of pyridine rings is 1. The van der Waals surface area contributed by atoms with Crippen LogP contribution in [0.2, 0.25) is 0 Å². The molecule has 0 unspecified atom stereocenters. The molecule has 4 N–H and O–H groups in total. The van der Waals surface area contributed by atoms with E-state index < -0.39 is 23.8 Å². The van der Waals surface area contributed by atoms with Crippen LogP contribution < -0.4 is 16.2 Å². The lowest BCUT2D eigenvalue weighted by molar-refractivity contribution is -0.274. The van der Waals surface area contributed by atoms with Gasteiger partial charge in [-0.05, 0) is 6.92 Å². The largest absolute Gasteiger partial charge is 0.573 e. The van der Waals surface area contributed by atoms with Gasteiger partial charge in [0.1, 0.15) is 5.56 Å². The van der Waals surface area contributed by atoms with Crippen LogP contribution in [-0.2, 0) is 11.3 Å². The second kappa shape index (κ2) is 5.74. The highest BCUT2D eigenvalue weighted by molar-refractivity contribution is 5.97. The van der Waals surface area contributed by atoms with E-state index in [-0.39, 0.29) is 24.4 Å². The van der Waals surface area contributed by atoms with Gasteiger partial charge in [0.25, 0.3) is 0 Å². The normalized spacial score (nSPS) is 11.2. The van der Waals surface area contributed by atoms with Crippen LogP contribution in [0.4, 0.5) is 18.9 Å². The SMILES string of the molecule is CCOC(=O)c1c(CN)ncc(OC(F)(F)F)c1N. The summed E-state index contributed by atoms with van der Waals surface area (Å²) >= 11 is 0. The number of nitrogen functional groups attached to an aromatic ring is 1. The maximum atomic E-state index is 12.1. The van der Waals surface area contributed by atoms with E-state index in [4.69, 9.17) is 11.5 Å². The first kappa shape index (κ1) is 15.0. The van der Waals surface area contributed by atoms with Crippen molar-refractivity contribution in [3.8, 4) is 5.75 Å². The molecular weight excluding hydrogens is 267 g/mol. The van der Waals surface area contributed by atoms with E-state index in [9.17, 15) is 18.0 Å². The highest BCUT2D eigenvalue weighted by Crippen LogP contribution is 2.31. The van der Waals surface area contributed by atoms with E-state index in [2.05, 4.69) is 14.5 Å². The summed E-state index contributed by atoms with van der Waals surface area (Å²) in [4.78, 5) is 15.2. The Kier molecular flexibility index (Phi) is 4.54. The molecular formula is C10H12F3N3O3. The summed E-state index contributed by atoms with van der Waals surface area (Å²) in [7, 11) is 0. The van der Waals surface area contributed by atoms with E-state index in [1.807, 2.05) is 0 Å². The van der Waals surface area contributed by atoms with Crippen molar-refractivity contribution < 1.29 is 27.4 Å². The van der Waals surface area contributed by atoms with Crippen LogP contribution in [0.1, 0.15) is 23.0 Å². The fourth-order valence-electron chi connectivity index (χ4n) is 1.34. The van der Waals surface area contributed by atoms with Gasteiger partial charge < -0.3 is 20.9 Å². The zero-order chi connectivity index (χ0) is 14.6. The molecule has 0 atom stereocenters. The molecule has 0 fully saturated rings. The number of aromatic nitrogens is 1. The highest BCUT2D eigenvalue weighted by Gasteiger charge is 2.33. The zero-order valence-corrected chi connectivity index (χ0v) is 9.95. The van der Waals surface area contributed by atoms with E-state index >= 15 is 0 Å². The number of ether oxygens (including phenoxy) is 2. The third kappa shape index (κ3) is 3.71. The Bertz CT molecular complexity index is 477. The van der Waals surface area contributed by atoms with Gasteiger partial charge in [-0.2, -0.15) is 0 Å². The lowest BCUT2D eigenvalue weighted by atomic mass is 10.1. The number of halogens is 3. The topological polar surface area (TPSA) is 100 Å². The van der Waals surface area contributed by atoms with Gasteiger partial charge in [-0.15, -0.1) is 13.2 Å². The van der Waals surface area contributed by atoms with Gasteiger partial charge in [-0.25, -0.2) is 4.79 Å². The maximum Gasteiger partial charge on any atom is 0.573 e. The van der Waals surface area contributed by atoms with Crippen LogP contribution in [0.25, 0.3) is 0 Å². The van der Waals surface area contributed by atoms with Gasteiger partial charge in [-0.3, -0.25) is 4.98 Å². The molecule has 19 heavy (non-hydrogen) atoms. The molecule has 0 amide bonds. The molecule has 0 spiro atoms. The molecule has 1 aromatic heterocycles. The minimum atomic E-state index is -4.94. The number of anilines is 1. The number of hydrogen-bond donors (Lipinski definition) is 2. The molecule has 0 saturated carbocycles. The van der Waals surface area contributed by atoms with Crippen molar-refractivity contribution >= 4 is 11.7 Å². The van der Waals surface area contributed by atoms with E-state index in [1.165, 1.54) is 0 Å². The van der Waals surface area contributed by atoms with Gasteiger partial charge in [0.05, 0.1) is 24.2 Å². The molecule has 6 nitrogen and oxygen atoms in total. The fraction of sp³-hybridized carbons (Fsp3) is 0.400. The lowest BCUT2D eigenvalue weighted by Crippen LogP contribution is -2.21. The number of esters is 1. The Labute approximate surface area is 106 Å². The van der Waals surface area contributed by atoms with Gasteiger partial charge in [-0.1, -0.05) is 0 Å². The summed E-state index contributed by atoms with van der Waals surface area (Å²) in [5, 5.41) is 0. The molecule has 1 heterocycles. The lowest BCUT2D eigenvalue weighted by Gasteiger charge is -2.15. The molecule has 1 rings (SSSR count). The summed E-state index contributed by atoms with van der Waals surface area (Å²) in [5.41, 5.74) is 10.0. The van der Waals surface area contributed by atoms with Crippen LogP contribution in [0, 0.1) is 0 Å². The number of carbonyl (C=O) groups is 1. The van der Waals surface area contributed by atoms with Crippen LogP contribution >= 0.6 is 0 Å². The Morgan fingerprint density at radius 3 is 2.58 bits per heavy atom. The molecule has 1 aromatic rings. The minimum absolute atomic E-state index is 0.0328. The molecule has 0 radical (unpaired) electrons. The van der Waals surface area contributed by atoms with Crippen LogP contribution in [-0.4, -0.2) is 23.9 Å². The Morgan fingerprint density at radius 2 is 2.11 bits per heavy atom. The van der Waals surface area contributed by atoms with Crippen molar-refractivity contribution in [3.05, 3.63) is 17.5 Å². The monoisotopic (exact) mass is 279 g/mol. The molecule has 0 aliphatic rings. The van der Waals surface area contributed by atoms with E-state index in [0.717, 1.165) is 6.20 Å². The number of hydrogen-bond acceptors (Lipinski definition) is 6. The third-order valence-corrected chi connectivity index (χ3v) is 2.06. The van der Waals surface area contributed by atoms with Crippen LogP contribution in [0.5, 0.6) is 5.75 Å². The van der Waals surface area contributed by atoms with Gasteiger partial charge in [0, 0.05) is 6.54 Å². The predicted molar refractivity (Wildman–Crippen MR) is 59.2 cm³/mol. The first-order chi connectivity index (χ1) is 8.80. The first-order valence-corrected chi connectivity index (χ1v) is 5.20. The van der Waals surface area contributed by atoms with Gasteiger partial charge >= 0.3 is 12.3 Å². The molecule has 0 bridgehead atoms. The Morgan fingerprint density at radius 1 is 1.47 bits per heavy atom. The number of nitrogens with zero attached hydrogens (tertiary/aromatic N) is 1. The van der Waals surface area contributed by atoms with E-state index in [1.54, 1.807) is 6.92 Å². The molecule has 9 heteroatoms. The Hall–Kier alpha value is -2.03. The number of nitrogens with two attached hydrogens (primary N) is 2. The smallest absolute Gasteiger partial charge is 0.462 e. The van der Waals surface area contributed by atoms with Crippen molar-refractivity contribution in [1.29, 1.82) is 0 Å². The summed E-state index contributed by atoms with van der Waals surface area (Å²) in [5.74, 6) is -1.67. The molecule has 0 aromatic carbocycles. The number of alkyl halides is 3. The average Bonchev–Trinajstić information content (AvgIpc) is 2.30. The average molecular weight is 279 g/mol. The first-order valence-electron chi connectivity index (χ1n) is 5.20. The fourth-order valence-corrected chi connectivity index (χ4v) is 1.34. The summed E-state index contributed by atoms with van der Waals surface area (Å²) in [6.07, 6.45) is -4.18. The summed E-state index contributed by atoms with van der Waals surface area (Å²) in [6, 6.07) is 0. The van der Waals surface area contributed by atoms with Crippen molar-refractivity contribution in [2.24, 2.45) is 5.73 Å². The van der Waals surface area contributed by atoms with E-state index in [0.29, 0.717) is 0 Å². The van der Waals surface area contributed by atoms with Gasteiger partial charge in [0.15, 0.2) is 5.75 Å². The number of rotatable bonds is 4. The second-order valence-electron chi connectivity index (χ2n) is 3.33. The number of carbonyl (C=O) groups excluding carboxylic acids is 1. The minimum Gasteiger partial charge on any atom is -0.462 e. The van der Waals surface area contributed by atoms with Crippen molar-refractivity contribution in [1.82, 2.24) is 4.98 Å². The maximum absolute atomic E-state index is 12.1. The van der Waals surface area contributed by atoms with Crippen LogP contribution in [0.3, 0.4) is 0 Å². The highest BCUT2D eigenvalue weighted by atomic mass is 19.4. The standard InChI is InChI=1S/C10H12F3N3O3/c1-2-18-9(17)7-5(3-14)16-4-6(8(7)15)19-10(11,12)13/h4H,2-3,14H2,1H3,(H2,15,16). The predicted octanol–water partition coefficient (Wildman–Crippen LogP) is 1.20. The zero-order valence-electron chi connectivity index (χ0n) is 9.95. The third-order valence-electron chi connectivity index (χ3n) is 2.06. The van der Waals surface area contributed by atoms with Crippen LogP contribution in [0.15, 0.2) is 6.20 Å². The molecule has 0 aliphatic heterocycles. The quantitative estimate of drug-likeness (QED) is 0.803. The molecule has 106 valence electrons. The summed E-state index contributed by atoms with van der Waals surface area (Å²) in [6.45, 7) is 1.40. The van der Waals surface area contributed by atoms with Crippen molar-refractivity contribution in [2.45, 2.75) is 19.8 Å². The molecule has 0 aliphatic carbocycles. The Balaban J connectivity index is 3.25. The second-order valence-corrected chi connectivity index (χ2v) is 3.33. The van der Waals surface area contributed by atoms with Crippen molar-refractivity contribution in [2.75, 3.05) is 12.3 Å². The van der Waals surface area contributed by atoms with Crippen molar-refractivity contribution in [3.63, 3.8) is 0 Å².